The average molecular weight is 925 g/mol. The van der Waals surface area contributed by atoms with Crippen LogP contribution in [0.15, 0.2) is 255 Å². The van der Waals surface area contributed by atoms with Crippen molar-refractivity contribution < 1.29 is 11.0 Å². The zero-order valence-corrected chi connectivity index (χ0v) is 40.2. The van der Waals surface area contributed by atoms with Gasteiger partial charge in [-0.3, -0.25) is 0 Å². The summed E-state index contributed by atoms with van der Waals surface area (Å²) in [7, 11) is 0. The third-order valence-corrected chi connectivity index (χ3v) is 14.5. The first-order valence-electron chi connectivity index (χ1n) is 24.4. The summed E-state index contributed by atoms with van der Waals surface area (Å²) in [4.78, 5) is 0. The number of hydrogen-bond donors (Lipinski definition) is 0. The minimum absolute atomic E-state index is 0. The van der Waals surface area contributed by atoms with Gasteiger partial charge in [0.2, 0.25) is 0 Å². The van der Waals surface area contributed by atoms with Crippen molar-refractivity contribution in [2.24, 2.45) is 0 Å². The van der Waals surface area contributed by atoms with Gasteiger partial charge in [-0.15, -0.1) is 0 Å². The first-order chi connectivity index (χ1) is 34.6. The van der Waals surface area contributed by atoms with E-state index >= 15 is 0 Å². The van der Waals surface area contributed by atoms with Crippen LogP contribution in [0.2, 0.25) is 0 Å². The molecule has 0 aromatic heterocycles. The Balaban J connectivity index is 0.000000152. The SMILES string of the molecule is Cc1ccc2cc(-c3c4ccccc4c(-c4ccc5cc(C)ccc5c4)c4ccccc34)ccc2c1.O.O.c1ccc2c(-c3c4ccccc4c(-c4cccc5ccccc45)c4ccccc34)cccc2c1. The van der Waals surface area contributed by atoms with Gasteiger partial charge < -0.3 is 11.0 Å². The van der Waals surface area contributed by atoms with Crippen LogP contribution >= 0.6 is 0 Å². The van der Waals surface area contributed by atoms with Crippen LogP contribution < -0.4 is 0 Å². The van der Waals surface area contributed by atoms with Gasteiger partial charge in [0.15, 0.2) is 0 Å². The Labute approximate surface area is 419 Å². The highest BCUT2D eigenvalue weighted by Crippen LogP contribution is 2.47. The molecule has 0 unspecified atom stereocenters. The van der Waals surface area contributed by atoms with Crippen LogP contribution in [0.3, 0.4) is 0 Å². The summed E-state index contributed by atoms with van der Waals surface area (Å²) in [5.41, 5.74) is 12.9. The van der Waals surface area contributed by atoms with E-state index in [1.165, 1.54) is 142 Å². The molecule has 0 atom stereocenters. The van der Waals surface area contributed by atoms with Gasteiger partial charge in [0.1, 0.15) is 0 Å². The second-order valence-corrected chi connectivity index (χ2v) is 18.9. The van der Waals surface area contributed by atoms with E-state index in [0.29, 0.717) is 0 Å². The van der Waals surface area contributed by atoms with Gasteiger partial charge in [-0.1, -0.05) is 254 Å². The Morgan fingerprint density at radius 2 is 0.458 bits per heavy atom. The molecule has 72 heavy (non-hydrogen) atoms. The van der Waals surface area contributed by atoms with Crippen LogP contribution in [-0.4, -0.2) is 11.0 Å². The standard InChI is InChI=1S/C36H26.C34H22.2H2O/c1-23-11-13-27-21-29(17-15-25(27)19-23)35-31-7-3-5-9-33(31)36(34-10-6-4-8-32(34)35)30-18-16-26-20-24(2)12-14-28(26)22-30;1-3-15-25-23(11-1)13-9-21-27(25)33-29-17-5-7-19-31(29)34(32-20-8-6-18-30(32)33)28-22-10-14-24-12-2-4-16-26(24)28;;/h3-22H,1-2H3;1-22H;2*1H2. The largest absolute Gasteiger partial charge is 0.412 e. The fourth-order valence-electron chi connectivity index (χ4n) is 11.4. The molecule has 0 saturated heterocycles. The monoisotopic (exact) mass is 924 g/mol. The van der Waals surface area contributed by atoms with E-state index in [9.17, 15) is 0 Å². The molecule has 14 aromatic carbocycles. The maximum absolute atomic E-state index is 2.35. The van der Waals surface area contributed by atoms with Gasteiger partial charge in [-0.25, -0.2) is 0 Å². The fourth-order valence-corrected chi connectivity index (χ4v) is 11.4. The van der Waals surface area contributed by atoms with Crippen molar-refractivity contribution in [3.05, 3.63) is 266 Å². The molecule has 0 aliphatic rings. The van der Waals surface area contributed by atoms with Gasteiger partial charge in [-0.05, 0) is 157 Å². The molecule has 4 N–H and O–H groups in total. The maximum atomic E-state index is 2.35. The molecule has 0 spiro atoms. The highest BCUT2D eigenvalue weighted by Gasteiger charge is 2.20. The molecule has 2 heteroatoms. The quantitative estimate of drug-likeness (QED) is 0.158. The lowest BCUT2D eigenvalue weighted by Gasteiger charge is -2.19. The third kappa shape index (κ3) is 7.71. The van der Waals surface area contributed by atoms with Crippen LogP contribution in [0.5, 0.6) is 0 Å². The third-order valence-electron chi connectivity index (χ3n) is 14.5. The highest BCUT2D eigenvalue weighted by molar-refractivity contribution is 6.26. The zero-order chi connectivity index (χ0) is 46.7. The topological polar surface area (TPSA) is 63.0 Å². The van der Waals surface area contributed by atoms with Crippen LogP contribution in [0, 0.1) is 13.8 Å². The molecule has 0 radical (unpaired) electrons. The Morgan fingerprint density at radius 3 is 0.806 bits per heavy atom. The Bertz CT molecular complexity index is 3990. The Morgan fingerprint density at radius 1 is 0.194 bits per heavy atom. The summed E-state index contributed by atoms with van der Waals surface area (Å²) in [6.45, 7) is 4.31. The van der Waals surface area contributed by atoms with Crippen molar-refractivity contribution >= 4 is 86.2 Å². The molecule has 2 nitrogen and oxygen atoms in total. The summed E-state index contributed by atoms with van der Waals surface area (Å²) < 4.78 is 0. The van der Waals surface area contributed by atoms with Crippen LogP contribution in [0.1, 0.15) is 11.1 Å². The van der Waals surface area contributed by atoms with Crippen molar-refractivity contribution in [2.75, 3.05) is 0 Å². The molecule has 0 heterocycles. The maximum Gasteiger partial charge on any atom is -0.00201 e. The first-order valence-corrected chi connectivity index (χ1v) is 24.4. The molecule has 14 aromatic rings. The minimum atomic E-state index is 0. The summed E-state index contributed by atoms with van der Waals surface area (Å²) in [6.07, 6.45) is 0. The van der Waals surface area contributed by atoms with E-state index in [-0.39, 0.29) is 11.0 Å². The summed E-state index contributed by atoms with van der Waals surface area (Å²) >= 11 is 0. The van der Waals surface area contributed by atoms with Crippen LogP contribution in [0.4, 0.5) is 0 Å². The van der Waals surface area contributed by atoms with Gasteiger partial charge >= 0.3 is 0 Å². The number of aryl methyl sites for hydroxylation is 2. The predicted molar refractivity (Wildman–Crippen MR) is 311 cm³/mol. The number of hydrogen-bond acceptors (Lipinski definition) is 0. The molecule has 0 bridgehead atoms. The number of rotatable bonds is 4. The van der Waals surface area contributed by atoms with Gasteiger partial charge in [-0.2, -0.15) is 0 Å². The molecule has 14 rings (SSSR count). The Hall–Kier alpha value is -8.92. The smallest absolute Gasteiger partial charge is 0.00201 e. The van der Waals surface area contributed by atoms with Gasteiger partial charge in [0.05, 0.1) is 0 Å². The second kappa shape index (κ2) is 18.8. The fraction of sp³-hybridized carbons (Fsp3) is 0.0286. The Kier molecular flexibility index (Phi) is 11.9. The van der Waals surface area contributed by atoms with E-state index < -0.39 is 0 Å². The first kappa shape index (κ1) is 45.5. The number of benzene rings is 14. The normalized spacial score (nSPS) is 11.2. The molecule has 0 fully saturated rings. The molecule has 0 aliphatic carbocycles. The van der Waals surface area contributed by atoms with Crippen molar-refractivity contribution in [2.45, 2.75) is 13.8 Å². The lowest BCUT2D eigenvalue weighted by Crippen LogP contribution is -1.92. The molecular formula is C70H52O2. The van der Waals surface area contributed by atoms with Crippen molar-refractivity contribution in [3.8, 4) is 44.5 Å². The van der Waals surface area contributed by atoms with Crippen LogP contribution in [0.25, 0.3) is 131 Å². The van der Waals surface area contributed by atoms with Crippen molar-refractivity contribution in [1.82, 2.24) is 0 Å². The molecule has 344 valence electrons. The van der Waals surface area contributed by atoms with E-state index in [2.05, 4.69) is 269 Å². The predicted octanol–water partition coefficient (Wildman–Crippen LogP) is 18.2. The highest BCUT2D eigenvalue weighted by atomic mass is 16.0. The second-order valence-electron chi connectivity index (χ2n) is 18.9. The van der Waals surface area contributed by atoms with Crippen LogP contribution in [-0.2, 0) is 0 Å². The van der Waals surface area contributed by atoms with E-state index in [1.807, 2.05) is 0 Å². The summed E-state index contributed by atoms with van der Waals surface area (Å²) in [5, 5.41) is 20.6. The van der Waals surface area contributed by atoms with Gasteiger partial charge in [0.25, 0.3) is 0 Å². The zero-order valence-electron chi connectivity index (χ0n) is 40.2. The van der Waals surface area contributed by atoms with E-state index in [1.54, 1.807) is 0 Å². The molecule has 0 amide bonds. The average Bonchev–Trinajstić information content (AvgIpc) is 3.41. The molecular weight excluding hydrogens is 873 g/mol. The molecule has 0 aliphatic heterocycles. The van der Waals surface area contributed by atoms with Crippen molar-refractivity contribution in [1.29, 1.82) is 0 Å². The minimum Gasteiger partial charge on any atom is -0.412 e. The van der Waals surface area contributed by atoms with E-state index in [4.69, 9.17) is 0 Å². The number of fused-ring (bicyclic) bond motifs is 8. The van der Waals surface area contributed by atoms with Gasteiger partial charge in [0, 0.05) is 0 Å². The summed E-state index contributed by atoms with van der Waals surface area (Å²) in [5.74, 6) is 0. The lowest BCUT2D eigenvalue weighted by molar-refractivity contribution is 0.823. The molecule has 0 saturated carbocycles. The summed E-state index contributed by atoms with van der Waals surface area (Å²) in [6, 6.07) is 93.5. The van der Waals surface area contributed by atoms with Crippen molar-refractivity contribution in [3.63, 3.8) is 0 Å². The lowest BCUT2D eigenvalue weighted by atomic mass is 9.84. The van der Waals surface area contributed by atoms with E-state index in [0.717, 1.165) is 0 Å².